The lowest BCUT2D eigenvalue weighted by Gasteiger charge is -2.42. The number of likely N-dealkylation sites (tertiary alicyclic amines) is 1. The van der Waals surface area contributed by atoms with Gasteiger partial charge in [0, 0.05) is 25.0 Å². The molecule has 0 unspecified atom stereocenters. The normalized spacial score (nSPS) is 20.1. The van der Waals surface area contributed by atoms with Crippen molar-refractivity contribution in [1.82, 2.24) is 14.5 Å². The van der Waals surface area contributed by atoms with Crippen LogP contribution in [0.1, 0.15) is 57.7 Å². The Morgan fingerprint density at radius 2 is 1.78 bits per heavy atom. The molecule has 2 aliphatic rings. The first-order valence-electron chi connectivity index (χ1n) is 12.0. The number of fused-ring (bicyclic) bond motifs is 1. The molecule has 0 bridgehead atoms. The number of piperidine rings is 1. The van der Waals surface area contributed by atoms with E-state index < -0.39 is 0 Å². The molecule has 0 spiro atoms. The summed E-state index contributed by atoms with van der Waals surface area (Å²) in [5.74, 6) is 1.27. The third-order valence-electron chi connectivity index (χ3n) is 7.26. The highest BCUT2D eigenvalue weighted by Crippen LogP contribution is 2.30. The van der Waals surface area contributed by atoms with E-state index in [2.05, 4.69) is 18.7 Å². The van der Waals surface area contributed by atoms with E-state index in [4.69, 9.17) is 4.98 Å². The van der Waals surface area contributed by atoms with Crippen LogP contribution in [-0.2, 0) is 6.54 Å². The Kier molecular flexibility index (Phi) is 5.85. The number of aromatic nitrogens is 2. The molecule has 1 aliphatic heterocycles. The lowest BCUT2D eigenvalue weighted by molar-refractivity contribution is 0.0712. The highest BCUT2D eigenvalue weighted by Gasteiger charge is 2.30. The van der Waals surface area contributed by atoms with Gasteiger partial charge in [-0.2, -0.15) is 0 Å². The van der Waals surface area contributed by atoms with Crippen molar-refractivity contribution in [3.63, 3.8) is 0 Å². The highest BCUT2D eigenvalue weighted by molar-refractivity contribution is 5.83. The molecule has 5 rings (SSSR count). The minimum absolute atomic E-state index is 0.0448. The van der Waals surface area contributed by atoms with Crippen molar-refractivity contribution < 1.29 is 4.39 Å². The Bertz CT molecular complexity index is 1160. The fourth-order valence-corrected chi connectivity index (χ4v) is 5.27. The largest absolute Gasteiger partial charge is 0.300 e. The summed E-state index contributed by atoms with van der Waals surface area (Å²) in [6.45, 7) is 7.24. The molecule has 1 atom stereocenters. The zero-order valence-corrected chi connectivity index (χ0v) is 19.1. The summed E-state index contributed by atoms with van der Waals surface area (Å²) >= 11 is 0. The zero-order chi connectivity index (χ0) is 22.2. The summed E-state index contributed by atoms with van der Waals surface area (Å²) in [5.41, 5.74) is 2.59. The molecule has 32 heavy (non-hydrogen) atoms. The minimum atomic E-state index is -0.261. The van der Waals surface area contributed by atoms with Crippen LogP contribution in [0.3, 0.4) is 0 Å². The molecular weight excluding hydrogens is 401 g/mol. The van der Waals surface area contributed by atoms with Gasteiger partial charge in [0.25, 0.3) is 5.56 Å². The van der Waals surface area contributed by atoms with E-state index in [0.717, 1.165) is 41.6 Å². The van der Waals surface area contributed by atoms with E-state index in [1.54, 1.807) is 12.1 Å². The maximum atomic E-state index is 13.7. The van der Waals surface area contributed by atoms with E-state index in [-0.39, 0.29) is 17.3 Å². The van der Waals surface area contributed by atoms with Crippen molar-refractivity contribution in [3.8, 4) is 11.1 Å². The van der Waals surface area contributed by atoms with Crippen LogP contribution in [0, 0.1) is 11.7 Å². The standard InChI is InChI=1S/C27H32FN3O/c1-18(2)26-29-25-13-10-21(20-8-11-22(28)12-9-20)15-24(25)27(32)31(26)17-19-5-4-14-30(16-19)23-6-3-7-23/h8-13,15,18-19,23H,3-7,14,16-17H2,1-2H3/t19-/m0/s1. The monoisotopic (exact) mass is 433 g/mol. The van der Waals surface area contributed by atoms with Gasteiger partial charge >= 0.3 is 0 Å². The molecular formula is C27H32FN3O. The Balaban J connectivity index is 1.51. The van der Waals surface area contributed by atoms with Crippen LogP contribution >= 0.6 is 0 Å². The van der Waals surface area contributed by atoms with Gasteiger partial charge in [0.15, 0.2) is 0 Å². The van der Waals surface area contributed by atoms with Gasteiger partial charge in [-0.1, -0.05) is 38.5 Å². The van der Waals surface area contributed by atoms with Gasteiger partial charge in [-0.15, -0.1) is 0 Å². The van der Waals surface area contributed by atoms with E-state index >= 15 is 0 Å². The number of benzene rings is 2. The van der Waals surface area contributed by atoms with Gasteiger partial charge < -0.3 is 4.90 Å². The molecule has 168 valence electrons. The van der Waals surface area contributed by atoms with E-state index in [1.807, 2.05) is 22.8 Å². The summed E-state index contributed by atoms with van der Waals surface area (Å²) in [4.78, 5) is 21.3. The van der Waals surface area contributed by atoms with Gasteiger partial charge in [0.1, 0.15) is 11.6 Å². The molecule has 2 fully saturated rings. The number of rotatable bonds is 5. The van der Waals surface area contributed by atoms with E-state index in [9.17, 15) is 9.18 Å². The van der Waals surface area contributed by atoms with Gasteiger partial charge in [-0.25, -0.2) is 9.37 Å². The molecule has 1 aliphatic carbocycles. The van der Waals surface area contributed by atoms with Crippen molar-refractivity contribution >= 4 is 10.9 Å². The lowest BCUT2D eigenvalue weighted by Crippen LogP contribution is -2.47. The smallest absolute Gasteiger partial charge is 0.261 e. The van der Waals surface area contributed by atoms with E-state index in [1.165, 1.54) is 50.8 Å². The first-order valence-corrected chi connectivity index (χ1v) is 12.0. The number of nitrogens with zero attached hydrogens (tertiary/aromatic N) is 3. The van der Waals surface area contributed by atoms with Gasteiger partial charge in [-0.3, -0.25) is 9.36 Å². The molecule has 0 radical (unpaired) electrons. The van der Waals surface area contributed by atoms with Gasteiger partial charge in [0.2, 0.25) is 0 Å². The van der Waals surface area contributed by atoms with Crippen molar-refractivity contribution in [2.45, 2.75) is 64.5 Å². The summed E-state index contributed by atoms with van der Waals surface area (Å²) in [6.07, 6.45) is 6.39. The average molecular weight is 434 g/mol. The molecule has 0 N–H and O–H groups in total. The van der Waals surface area contributed by atoms with Crippen molar-refractivity contribution in [2.24, 2.45) is 5.92 Å². The summed E-state index contributed by atoms with van der Waals surface area (Å²) < 4.78 is 15.3. The molecule has 1 aromatic heterocycles. The third kappa shape index (κ3) is 4.11. The van der Waals surface area contributed by atoms with Crippen molar-refractivity contribution in [2.75, 3.05) is 13.1 Å². The number of hydrogen-bond donors (Lipinski definition) is 0. The first kappa shape index (κ1) is 21.3. The topological polar surface area (TPSA) is 38.1 Å². The van der Waals surface area contributed by atoms with E-state index in [0.29, 0.717) is 11.3 Å². The molecule has 3 aromatic rings. The number of halogens is 1. The van der Waals surface area contributed by atoms with Crippen LogP contribution in [0.25, 0.3) is 22.0 Å². The maximum absolute atomic E-state index is 13.7. The molecule has 5 heteroatoms. The number of hydrogen-bond acceptors (Lipinski definition) is 3. The Morgan fingerprint density at radius 1 is 1.03 bits per heavy atom. The van der Waals surface area contributed by atoms with Crippen molar-refractivity contribution in [1.29, 1.82) is 0 Å². The third-order valence-corrected chi connectivity index (χ3v) is 7.26. The second-order valence-electron chi connectivity index (χ2n) is 9.87. The fourth-order valence-electron chi connectivity index (χ4n) is 5.27. The minimum Gasteiger partial charge on any atom is -0.300 e. The van der Waals surface area contributed by atoms with Crippen LogP contribution in [0.2, 0.25) is 0 Å². The molecule has 0 amide bonds. The zero-order valence-electron chi connectivity index (χ0n) is 19.1. The molecule has 2 heterocycles. The van der Waals surface area contributed by atoms with Crippen LogP contribution in [0.15, 0.2) is 47.3 Å². The molecule has 1 saturated carbocycles. The van der Waals surface area contributed by atoms with Gasteiger partial charge in [-0.05, 0) is 73.5 Å². The Morgan fingerprint density at radius 3 is 2.47 bits per heavy atom. The highest BCUT2D eigenvalue weighted by atomic mass is 19.1. The second-order valence-corrected chi connectivity index (χ2v) is 9.87. The summed E-state index contributed by atoms with van der Waals surface area (Å²) in [7, 11) is 0. The SMILES string of the molecule is CC(C)c1nc2ccc(-c3ccc(F)cc3)cc2c(=O)n1C[C@H]1CCCN(C2CCC2)C1. The predicted octanol–water partition coefficient (Wildman–Crippen LogP) is 5.59. The quantitative estimate of drug-likeness (QED) is 0.526. The van der Waals surface area contributed by atoms with Crippen LogP contribution in [-0.4, -0.2) is 33.6 Å². The maximum Gasteiger partial charge on any atom is 0.261 e. The van der Waals surface area contributed by atoms with Gasteiger partial charge in [0.05, 0.1) is 10.9 Å². The molecule has 2 aromatic carbocycles. The van der Waals surface area contributed by atoms with Crippen LogP contribution in [0.5, 0.6) is 0 Å². The first-order chi connectivity index (χ1) is 15.5. The van der Waals surface area contributed by atoms with Crippen molar-refractivity contribution in [3.05, 3.63) is 64.5 Å². The lowest BCUT2D eigenvalue weighted by atomic mass is 9.87. The van der Waals surface area contributed by atoms with Crippen LogP contribution in [0.4, 0.5) is 4.39 Å². The summed E-state index contributed by atoms with van der Waals surface area (Å²) in [6, 6.07) is 13.0. The Hall–Kier alpha value is -2.53. The summed E-state index contributed by atoms with van der Waals surface area (Å²) in [5, 5.41) is 0.642. The molecule has 1 saturated heterocycles. The van der Waals surface area contributed by atoms with Crippen LogP contribution < -0.4 is 5.56 Å². The average Bonchev–Trinajstić information content (AvgIpc) is 2.75. The Labute approximate surface area is 189 Å². The second kappa shape index (κ2) is 8.78. The predicted molar refractivity (Wildman–Crippen MR) is 127 cm³/mol. The fraction of sp³-hybridized carbons (Fsp3) is 0.481. The molecule has 4 nitrogen and oxygen atoms in total.